The highest BCUT2D eigenvalue weighted by molar-refractivity contribution is 5.85. The van der Waals surface area contributed by atoms with Gasteiger partial charge in [-0.2, -0.15) is 0 Å². The van der Waals surface area contributed by atoms with Gasteiger partial charge in [0.2, 0.25) is 5.91 Å². The lowest BCUT2D eigenvalue weighted by Crippen LogP contribution is -2.55. The van der Waals surface area contributed by atoms with Crippen LogP contribution >= 0.6 is 12.4 Å². The van der Waals surface area contributed by atoms with Crippen molar-refractivity contribution in [2.24, 2.45) is 5.73 Å². The average Bonchev–Trinajstić information content (AvgIpc) is 2.30. The number of nitrogens with two attached hydrogens (primary N) is 1. The minimum absolute atomic E-state index is 0. The standard InChI is InChI=1S/C10H19N3O2.ClH/c11-10(14)9-7-13(4-5-15-9)8-2-1-3-12-6-8;/h8-9,12H,1-7H2,(H2,11,14);1H/t8-,9?;/m1./s1. The van der Waals surface area contributed by atoms with Crippen LogP contribution < -0.4 is 11.1 Å². The number of rotatable bonds is 2. The molecule has 0 spiro atoms. The first-order valence-electron chi connectivity index (χ1n) is 5.63. The Bertz CT molecular complexity index is 234. The lowest BCUT2D eigenvalue weighted by molar-refractivity contribution is -0.136. The molecule has 2 rings (SSSR count). The maximum Gasteiger partial charge on any atom is 0.247 e. The number of ether oxygens (including phenoxy) is 1. The normalized spacial score (nSPS) is 31.8. The van der Waals surface area contributed by atoms with Crippen molar-refractivity contribution in [2.75, 3.05) is 32.8 Å². The third-order valence-corrected chi connectivity index (χ3v) is 3.20. The Morgan fingerprint density at radius 1 is 1.50 bits per heavy atom. The van der Waals surface area contributed by atoms with Crippen LogP contribution in [-0.4, -0.2) is 55.7 Å². The molecule has 6 heteroatoms. The van der Waals surface area contributed by atoms with E-state index in [0.717, 1.165) is 19.6 Å². The van der Waals surface area contributed by atoms with Crippen LogP contribution in [0.3, 0.4) is 0 Å². The number of hydrogen-bond acceptors (Lipinski definition) is 4. The molecule has 2 fully saturated rings. The third-order valence-electron chi connectivity index (χ3n) is 3.20. The molecule has 2 aliphatic rings. The van der Waals surface area contributed by atoms with Gasteiger partial charge in [0.05, 0.1) is 6.61 Å². The number of nitrogens with zero attached hydrogens (tertiary/aromatic N) is 1. The fourth-order valence-electron chi connectivity index (χ4n) is 2.32. The van der Waals surface area contributed by atoms with Gasteiger partial charge in [-0.05, 0) is 19.4 Å². The Morgan fingerprint density at radius 3 is 2.94 bits per heavy atom. The summed E-state index contributed by atoms with van der Waals surface area (Å²) in [5.74, 6) is -0.344. The molecule has 1 unspecified atom stereocenters. The highest BCUT2D eigenvalue weighted by atomic mass is 35.5. The molecule has 16 heavy (non-hydrogen) atoms. The van der Waals surface area contributed by atoms with E-state index >= 15 is 0 Å². The smallest absolute Gasteiger partial charge is 0.247 e. The number of hydrogen-bond donors (Lipinski definition) is 2. The van der Waals surface area contributed by atoms with Crippen molar-refractivity contribution >= 4 is 18.3 Å². The predicted molar refractivity (Wildman–Crippen MR) is 63.6 cm³/mol. The Hall–Kier alpha value is -0.360. The quantitative estimate of drug-likeness (QED) is 0.682. The lowest BCUT2D eigenvalue weighted by atomic mass is 10.0. The van der Waals surface area contributed by atoms with E-state index in [2.05, 4.69) is 10.2 Å². The number of piperidine rings is 1. The molecule has 0 bridgehead atoms. The summed E-state index contributed by atoms with van der Waals surface area (Å²) in [7, 11) is 0. The summed E-state index contributed by atoms with van der Waals surface area (Å²) in [6.45, 7) is 4.31. The van der Waals surface area contributed by atoms with Crippen molar-refractivity contribution in [1.29, 1.82) is 0 Å². The van der Waals surface area contributed by atoms with Gasteiger partial charge < -0.3 is 15.8 Å². The number of halogens is 1. The Balaban J connectivity index is 0.00000128. The zero-order valence-corrected chi connectivity index (χ0v) is 10.2. The molecule has 0 aromatic carbocycles. The Kier molecular flexibility index (Phi) is 5.48. The minimum atomic E-state index is -0.416. The van der Waals surface area contributed by atoms with Crippen molar-refractivity contribution in [3.05, 3.63) is 0 Å². The van der Waals surface area contributed by atoms with E-state index in [-0.39, 0.29) is 18.3 Å². The van der Waals surface area contributed by atoms with Crippen LogP contribution in [-0.2, 0) is 9.53 Å². The van der Waals surface area contributed by atoms with Crippen LogP contribution in [0.4, 0.5) is 0 Å². The van der Waals surface area contributed by atoms with Crippen LogP contribution in [0.5, 0.6) is 0 Å². The lowest BCUT2D eigenvalue weighted by Gasteiger charge is -2.39. The highest BCUT2D eigenvalue weighted by Crippen LogP contribution is 2.14. The average molecular weight is 250 g/mol. The number of carbonyl (C=O) groups is 1. The Morgan fingerprint density at radius 2 is 2.31 bits per heavy atom. The molecule has 0 radical (unpaired) electrons. The van der Waals surface area contributed by atoms with E-state index in [4.69, 9.17) is 10.5 Å². The summed E-state index contributed by atoms with van der Waals surface area (Å²) in [4.78, 5) is 13.4. The van der Waals surface area contributed by atoms with Crippen molar-refractivity contribution in [3.8, 4) is 0 Å². The van der Waals surface area contributed by atoms with Crippen LogP contribution in [0.1, 0.15) is 12.8 Å². The van der Waals surface area contributed by atoms with Gasteiger partial charge in [0, 0.05) is 25.7 Å². The zero-order chi connectivity index (χ0) is 10.7. The zero-order valence-electron chi connectivity index (χ0n) is 9.35. The molecule has 3 N–H and O–H groups in total. The molecule has 94 valence electrons. The van der Waals surface area contributed by atoms with Crippen LogP contribution in [0.15, 0.2) is 0 Å². The second kappa shape index (κ2) is 6.39. The fraction of sp³-hybridized carbons (Fsp3) is 0.900. The molecule has 0 aromatic rings. The first-order chi connectivity index (χ1) is 7.27. The summed E-state index contributed by atoms with van der Waals surface area (Å²) in [5.41, 5.74) is 5.25. The molecular formula is C10H20ClN3O2. The maximum absolute atomic E-state index is 11.0. The van der Waals surface area contributed by atoms with E-state index in [1.165, 1.54) is 12.8 Å². The van der Waals surface area contributed by atoms with Crippen molar-refractivity contribution in [1.82, 2.24) is 10.2 Å². The van der Waals surface area contributed by atoms with Gasteiger partial charge in [0.1, 0.15) is 6.10 Å². The molecule has 2 saturated heterocycles. The molecular weight excluding hydrogens is 230 g/mol. The van der Waals surface area contributed by atoms with Gasteiger partial charge in [-0.1, -0.05) is 0 Å². The molecule has 2 aliphatic heterocycles. The van der Waals surface area contributed by atoms with Crippen LogP contribution in [0.2, 0.25) is 0 Å². The van der Waals surface area contributed by atoms with Gasteiger partial charge in [0.25, 0.3) is 0 Å². The first kappa shape index (κ1) is 13.7. The molecule has 0 saturated carbocycles. The summed E-state index contributed by atoms with van der Waals surface area (Å²) in [6.07, 6.45) is 2.00. The van der Waals surface area contributed by atoms with E-state index in [9.17, 15) is 4.79 Å². The largest absolute Gasteiger partial charge is 0.367 e. The van der Waals surface area contributed by atoms with Crippen molar-refractivity contribution < 1.29 is 9.53 Å². The SMILES string of the molecule is Cl.NC(=O)C1CN([C@@H]2CCCNC2)CCO1. The van der Waals surface area contributed by atoms with Crippen molar-refractivity contribution in [3.63, 3.8) is 0 Å². The summed E-state index contributed by atoms with van der Waals surface area (Å²) >= 11 is 0. The molecule has 1 amide bonds. The monoisotopic (exact) mass is 249 g/mol. The van der Waals surface area contributed by atoms with E-state index in [1.807, 2.05) is 0 Å². The second-order valence-electron chi connectivity index (χ2n) is 4.26. The van der Waals surface area contributed by atoms with Gasteiger partial charge in [-0.3, -0.25) is 9.69 Å². The molecule has 2 atom stereocenters. The van der Waals surface area contributed by atoms with E-state index in [1.54, 1.807) is 0 Å². The number of carbonyl (C=O) groups excluding carboxylic acids is 1. The van der Waals surface area contributed by atoms with E-state index < -0.39 is 6.10 Å². The molecule has 0 aliphatic carbocycles. The third kappa shape index (κ3) is 3.31. The number of nitrogens with one attached hydrogen (secondary N) is 1. The first-order valence-corrected chi connectivity index (χ1v) is 5.63. The van der Waals surface area contributed by atoms with Crippen LogP contribution in [0, 0.1) is 0 Å². The number of amides is 1. The van der Waals surface area contributed by atoms with Crippen LogP contribution in [0.25, 0.3) is 0 Å². The molecule has 5 nitrogen and oxygen atoms in total. The van der Waals surface area contributed by atoms with Gasteiger partial charge >= 0.3 is 0 Å². The van der Waals surface area contributed by atoms with E-state index in [0.29, 0.717) is 19.2 Å². The number of morpholine rings is 1. The van der Waals surface area contributed by atoms with Gasteiger partial charge in [0.15, 0.2) is 0 Å². The summed E-state index contributed by atoms with van der Waals surface area (Å²) in [5, 5.41) is 3.38. The fourth-order valence-corrected chi connectivity index (χ4v) is 2.32. The summed E-state index contributed by atoms with van der Waals surface area (Å²) < 4.78 is 5.32. The van der Waals surface area contributed by atoms with Gasteiger partial charge in [-0.25, -0.2) is 0 Å². The predicted octanol–water partition coefficient (Wildman–Crippen LogP) is -0.654. The maximum atomic E-state index is 11.0. The topological polar surface area (TPSA) is 67.6 Å². The number of primary amides is 1. The second-order valence-corrected chi connectivity index (χ2v) is 4.26. The Labute approximate surface area is 102 Å². The van der Waals surface area contributed by atoms with Crippen molar-refractivity contribution in [2.45, 2.75) is 25.0 Å². The molecule has 2 heterocycles. The van der Waals surface area contributed by atoms with Gasteiger partial charge in [-0.15, -0.1) is 12.4 Å². The minimum Gasteiger partial charge on any atom is -0.367 e. The molecule has 0 aromatic heterocycles. The summed E-state index contributed by atoms with van der Waals surface area (Å²) in [6, 6.07) is 0.546. The highest BCUT2D eigenvalue weighted by Gasteiger charge is 2.29.